The second-order valence-electron chi connectivity index (χ2n) is 7.36. The minimum absolute atomic E-state index is 0.222. The standard InChI is InChI=1S/C24H23N3O5S/c1-2-32-23(28)18-9-11-19(12-10-18)25-24(29)26-20-13-8-17-14-15-27(22(17)16-20)33(30,31)21-6-4-3-5-7-21/h3-13,16H,2,14-15H2,1H3,(H2,25,26,29). The number of amides is 2. The van der Waals surface area contributed by atoms with Gasteiger partial charge in [-0.05, 0) is 67.4 Å². The van der Waals surface area contributed by atoms with Gasteiger partial charge in [0.1, 0.15) is 0 Å². The van der Waals surface area contributed by atoms with Gasteiger partial charge in [-0.1, -0.05) is 24.3 Å². The molecule has 0 unspecified atom stereocenters. The summed E-state index contributed by atoms with van der Waals surface area (Å²) in [5.41, 5.74) is 2.80. The van der Waals surface area contributed by atoms with Crippen LogP contribution in [0.5, 0.6) is 0 Å². The molecule has 4 rings (SSSR count). The van der Waals surface area contributed by atoms with E-state index in [4.69, 9.17) is 4.74 Å². The van der Waals surface area contributed by atoms with Crippen LogP contribution in [-0.2, 0) is 21.2 Å². The molecule has 33 heavy (non-hydrogen) atoms. The van der Waals surface area contributed by atoms with Crippen LogP contribution in [0.3, 0.4) is 0 Å². The molecule has 0 spiro atoms. The maximum atomic E-state index is 13.1. The summed E-state index contributed by atoms with van der Waals surface area (Å²) in [6.07, 6.45) is 0.598. The van der Waals surface area contributed by atoms with E-state index in [0.717, 1.165) is 5.56 Å². The zero-order chi connectivity index (χ0) is 23.4. The van der Waals surface area contributed by atoms with E-state index in [1.807, 2.05) is 6.07 Å². The molecular formula is C24H23N3O5S. The van der Waals surface area contributed by atoms with E-state index < -0.39 is 22.0 Å². The van der Waals surface area contributed by atoms with Crippen molar-refractivity contribution in [2.24, 2.45) is 0 Å². The Labute approximate surface area is 192 Å². The van der Waals surface area contributed by atoms with Gasteiger partial charge in [-0.3, -0.25) is 4.31 Å². The monoisotopic (exact) mass is 465 g/mol. The van der Waals surface area contributed by atoms with Gasteiger partial charge < -0.3 is 15.4 Å². The fourth-order valence-electron chi connectivity index (χ4n) is 3.59. The fraction of sp³-hybridized carbons (Fsp3) is 0.167. The van der Waals surface area contributed by atoms with Gasteiger partial charge in [-0.25, -0.2) is 18.0 Å². The number of urea groups is 1. The number of fused-ring (bicyclic) bond motifs is 1. The first-order chi connectivity index (χ1) is 15.9. The molecule has 0 aromatic heterocycles. The van der Waals surface area contributed by atoms with Crippen molar-refractivity contribution in [1.29, 1.82) is 0 Å². The molecule has 1 aliphatic rings. The molecule has 0 saturated heterocycles. The van der Waals surface area contributed by atoms with Crippen molar-refractivity contribution in [3.05, 3.63) is 83.9 Å². The molecule has 0 atom stereocenters. The van der Waals surface area contributed by atoms with Crippen molar-refractivity contribution < 1.29 is 22.7 Å². The number of nitrogens with one attached hydrogen (secondary N) is 2. The number of hydrogen-bond acceptors (Lipinski definition) is 5. The number of nitrogens with zero attached hydrogens (tertiary/aromatic N) is 1. The lowest BCUT2D eigenvalue weighted by Gasteiger charge is -2.20. The summed E-state index contributed by atoms with van der Waals surface area (Å²) in [4.78, 5) is 24.4. The van der Waals surface area contributed by atoms with Gasteiger partial charge in [0.2, 0.25) is 0 Å². The number of rotatable bonds is 6. The lowest BCUT2D eigenvalue weighted by atomic mass is 10.1. The van der Waals surface area contributed by atoms with Crippen molar-refractivity contribution in [2.45, 2.75) is 18.2 Å². The minimum atomic E-state index is -3.69. The maximum absolute atomic E-state index is 13.1. The molecule has 0 saturated carbocycles. The summed E-state index contributed by atoms with van der Waals surface area (Å²) >= 11 is 0. The quantitative estimate of drug-likeness (QED) is 0.530. The molecule has 8 nitrogen and oxygen atoms in total. The zero-order valence-corrected chi connectivity index (χ0v) is 18.8. The number of anilines is 3. The smallest absolute Gasteiger partial charge is 0.338 e. The second kappa shape index (κ2) is 9.33. The van der Waals surface area contributed by atoms with E-state index in [0.29, 0.717) is 35.6 Å². The third kappa shape index (κ3) is 4.83. The third-order valence-electron chi connectivity index (χ3n) is 5.18. The van der Waals surface area contributed by atoms with Crippen LogP contribution in [0.4, 0.5) is 21.9 Å². The van der Waals surface area contributed by atoms with E-state index in [-0.39, 0.29) is 11.5 Å². The van der Waals surface area contributed by atoms with Gasteiger partial charge in [-0.2, -0.15) is 0 Å². The van der Waals surface area contributed by atoms with E-state index >= 15 is 0 Å². The topological polar surface area (TPSA) is 105 Å². The van der Waals surface area contributed by atoms with Crippen LogP contribution in [0.1, 0.15) is 22.8 Å². The van der Waals surface area contributed by atoms with Crippen LogP contribution in [0.15, 0.2) is 77.7 Å². The minimum Gasteiger partial charge on any atom is -0.462 e. The highest BCUT2D eigenvalue weighted by atomic mass is 32.2. The average Bonchev–Trinajstić information content (AvgIpc) is 3.24. The highest BCUT2D eigenvalue weighted by molar-refractivity contribution is 7.92. The SMILES string of the molecule is CCOC(=O)c1ccc(NC(=O)Nc2ccc3c(c2)N(S(=O)(=O)c2ccccc2)CC3)cc1. The van der Waals surface area contributed by atoms with Crippen LogP contribution < -0.4 is 14.9 Å². The molecule has 2 amide bonds. The largest absolute Gasteiger partial charge is 0.462 e. The summed E-state index contributed by atoms with van der Waals surface area (Å²) < 4.78 is 32.5. The van der Waals surface area contributed by atoms with Crippen LogP contribution in [0, 0.1) is 0 Å². The van der Waals surface area contributed by atoms with Crippen molar-refractivity contribution in [3.8, 4) is 0 Å². The molecule has 2 N–H and O–H groups in total. The Bertz CT molecular complexity index is 1280. The number of benzene rings is 3. The first-order valence-corrected chi connectivity index (χ1v) is 11.9. The lowest BCUT2D eigenvalue weighted by Crippen LogP contribution is -2.29. The van der Waals surface area contributed by atoms with Crippen molar-refractivity contribution in [3.63, 3.8) is 0 Å². The summed E-state index contributed by atoms with van der Waals surface area (Å²) in [6, 6.07) is 19.3. The van der Waals surface area contributed by atoms with Crippen LogP contribution >= 0.6 is 0 Å². The number of ether oxygens (including phenoxy) is 1. The van der Waals surface area contributed by atoms with Gasteiger partial charge >= 0.3 is 12.0 Å². The fourth-order valence-corrected chi connectivity index (χ4v) is 5.11. The predicted molar refractivity (Wildman–Crippen MR) is 126 cm³/mol. The Morgan fingerprint density at radius 2 is 1.61 bits per heavy atom. The summed E-state index contributed by atoms with van der Waals surface area (Å²) in [7, 11) is -3.69. The Morgan fingerprint density at radius 1 is 0.939 bits per heavy atom. The maximum Gasteiger partial charge on any atom is 0.338 e. The van der Waals surface area contributed by atoms with Crippen molar-refractivity contribution >= 4 is 39.1 Å². The molecule has 0 aliphatic carbocycles. The molecule has 3 aromatic carbocycles. The highest BCUT2D eigenvalue weighted by Gasteiger charge is 2.31. The van der Waals surface area contributed by atoms with Gasteiger partial charge in [0.15, 0.2) is 0 Å². The Morgan fingerprint density at radius 3 is 2.30 bits per heavy atom. The van der Waals surface area contributed by atoms with Crippen LogP contribution in [-0.4, -0.2) is 33.6 Å². The molecule has 1 aliphatic heterocycles. The van der Waals surface area contributed by atoms with Gasteiger partial charge in [0, 0.05) is 17.9 Å². The summed E-state index contributed by atoms with van der Waals surface area (Å²) in [5, 5.41) is 5.42. The van der Waals surface area contributed by atoms with E-state index in [2.05, 4.69) is 10.6 Å². The second-order valence-corrected chi connectivity index (χ2v) is 9.22. The molecule has 170 valence electrons. The average molecular weight is 466 g/mol. The number of hydrogen-bond donors (Lipinski definition) is 2. The molecule has 9 heteroatoms. The number of carbonyl (C=O) groups is 2. The van der Waals surface area contributed by atoms with Gasteiger partial charge in [-0.15, -0.1) is 0 Å². The highest BCUT2D eigenvalue weighted by Crippen LogP contribution is 2.35. The Hall–Kier alpha value is -3.85. The Kier molecular flexibility index (Phi) is 6.32. The Balaban J connectivity index is 1.47. The van der Waals surface area contributed by atoms with Crippen LogP contribution in [0.2, 0.25) is 0 Å². The van der Waals surface area contributed by atoms with Crippen LogP contribution in [0.25, 0.3) is 0 Å². The van der Waals surface area contributed by atoms with Crippen molar-refractivity contribution in [2.75, 3.05) is 28.1 Å². The number of sulfonamides is 1. The predicted octanol–water partition coefficient (Wildman–Crippen LogP) is 4.26. The van der Waals surface area contributed by atoms with Gasteiger partial charge in [0.05, 0.1) is 22.8 Å². The van der Waals surface area contributed by atoms with E-state index in [9.17, 15) is 18.0 Å². The third-order valence-corrected chi connectivity index (χ3v) is 7.01. The summed E-state index contributed by atoms with van der Waals surface area (Å²) in [5.74, 6) is -0.429. The molecule has 3 aromatic rings. The molecule has 1 heterocycles. The molecular weight excluding hydrogens is 442 g/mol. The number of esters is 1. The lowest BCUT2D eigenvalue weighted by molar-refractivity contribution is 0.0526. The van der Waals surface area contributed by atoms with E-state index in [1.165, 1.54) is 4.31 Å². The first kappa shape index (κ1) is 22.3. The summed E-state index contributed by atoms with van der Waals surface area (Å²) in [6.45, 7) is 2.36. The van der Waals surface area contributed by atoms with Crippen molar-refractivity contribution in [1.82, 2.24) is 0 Å². The number of carbonyl (C=O) groups excluding carboxylic acids is 2. The first-order valence-electron chi connectivity index (χ1n) is 10.4. The molecule has 0 bridgehead atoms. The normalized spacial score (nSPS) is 12.7. The molecule has 0 radical (unpaired) electrons. The van der Waals surface area contributed by atoms with E-state index in [1.54, 1.807) is 73.7 Å². The molecule has 0 fully saturated rings. The van der Waals surface area contributed by atoms with Gasteiger partial charge in [0.25, 0.3) is 10.0 Å². The zero-order valence-electron chi connectivity index (χ0n) is 17.9.